The Morgan fingerprint density at radius 1 is 1.14 bits per heavy atom. The van der Waals surface area contributed by atoms with Crippen LogP contribution in [0.1, 0.15) is 37.8 Å². The first-order chi connectivity index (χ1) is 9.92. The third-order valence-electron chi connectivity index (χ3n) is 3.22. The van der Waals surface area contributed by atoms with Crippen molar-refractivity contribution >= 4 is 0 Å². The Bertz CT molecular complexity index is 413. The first-order valence-corrected chi connectivity index (χ1v) is 6.94. The minimum atomic E-state index is -4.12. The number of hydrogen-bond donors (Lipinski definition) is 1. The molecule has 0 amide bonds. The van der Waals surface area contributed by atoms with E-state index in [1.165, 1.54) is 14.2 Å². The van der Waals surface area contributed by atoms with Crippen LogP contribution in [0.15, 0.2) is 18.2 Å². The van der Waals surface area contributed by atoms with Crippen molar-refractivity contribution in [3.8, 4) is 11.5 Å². The van der Waals surface area contributed by atoms with Crippen LogP contribution in [0.4, 0.5) is 13.2 Å². The number of halogens is 3. The van der Waals surface area contributed by atoms with Gasteiger partial charge in [0.15, 0.2) is 0 Å². The van der Waals surface area contributed by atoms with E-state index in [1.807, 2.05) is 6.92 Å². The van der Waals surface area contributed by atoms with Crippen LogP contribution in [0.2, 0.25) is 0 Å². The summed E-state index contributed by atoms with van der Waals surface area (Å²) < 4.78 is 47.6. The standard InChI is InChI=1S/C15H22F3NO2/c1-4-19-11(7-6-10-15(16,17)18)14-12(20-2)8-5-9-13(14)21-3/h5,8-9,11,19H,4,6-7,10H2,1-3H3. The van der Waals surface area contributed by atoms with E-state index in [2.05, 4.69) is 5.32 Å². The number of hydrogen-bond acceptors (Lipinski definition) is 3. The van der Waals surface area contributed by atoms with E-state index in [9.17, 15) is 13.2 Å². The molecular formula is C15H22F3NO2. The molecule has 0 aromatic heterocycles. The fraction of sp³-hybridized carbons (Fsp3) is 0.600. The van der Waals surface area contributed by atoms with Crippen LogP contribution in [-0.4, -0.2) is 26.9 Å². The van der Waals surface area contributed by atoms with Gasteiger partial charge in [0.2, 0.25) is 0 Å². The van der Waals surface area contributed by atoms with E-state index in [4.69, 9.17) is 9.47 Å². The molecule has 6 heteroatoms. The fourth-order valence-electron chi connectivity index (χ4n) is 2.32. The van der Waals surface area contributed by atoms with Crippen molar-refractivity contribution in [1.29, 1.82) is 0 Å². The predicted molar refractivity (Wildman–Crippen MR) is 75.9 cm³/mol. The van der Waals surface area contributed by atoms with Crippen LogP contribution >= 0.6 is 0 Å². The van der Waals surface area contributed by atoms with Crippen LogP contribution in [0, 0.1) is 0 Å². The van der Waals surface area contributed by atoms with Gasteiger partial charge < -0.3 is 14.8 Å². The molecule has 1 N–H and O–H groups in total. The Hall–Kier alpha value is -1.43. The molecule has 0 radical (unpaired) electrons. The van der Waals surface area contributed by atoms with Gasteiger partial charge in [0.1, 0.15) is 11.5 Å². The largest absolute Gasteiger partial charge is 0.496 e. The van der Waals surface area contributed by atoms with E-state index in [0.717, 1.165) is 5.56 Å². The van der Waals surface area contributed by atoms with Crippen molar-refractivity contribution < 1.29 is 22.6 Å². The monoisotopic (exact) mass is 305 g/mol. The van der Waals surface area contributed by atoms with Crippen LogP contribution in [0.25, 0.3) is 0 Å². The molecule has 0 fully saturated rings. The molecule has 0 heterocycles. The summed E-state index contributed by atoms with van der Waals surface area (Å²) in [6, 6.07) is 5.13. The lowest BCUT2D eigenvalue weighted by Crippen LogP contribution is -2.22. The van der Waals surface area contributed by atoms with E-state index in [-0.39, 0.29) is 12.5 Å². The van der Waals surface area contributed by atoms with Gasteiger partial charge in [-0.15, -0.1) is 0 Å². The zero-order valence-corrected chi connectivity index (χ0v) is 12.6. The molecule has 0 saturated heterocycles. The Balaban J connectivity index is 2.94. The number of alkyl halides is 3. The lowest BCUT2D eigenvalue weighted by molar-refractivity contribution is -0.135. The molecular weight excluding hydrogens is 283 g/mol. The molecule has 1 rings (SSSR count). The SMILES string of the molecule is CCNC(CCCC(F)(F)F)c1c(OC)cccc1OC. The summed E-state index contributed by atoms with van der Waals surface area (Å²) in [6.45, 7) is 2.57. The third kappa shape index (κ3) is 5.46. The highest BCUT2D eigenvalue weighted by Gasteiger charge is 2.28. The molecule has 1 atom stereocenters. The quantitative estimate of drug-likeness (QED) is 0.785. The summed E-state index contributed by atoms with van der Waals surface area (Å²) >= 11 is 0. The number of nitrogens with one attached hydrogen (secondary N) is 1. The Labute approximate surface area is 123 Å². The van der Waals surface area contributed by atoms with Gasteiger partial charge in [-0.2, -0.15) is 13.2 Å². The molecule has 120 valence electrons. The summed E-state index contributed by atoms with van der Waals surface area (Å²) in [6.07, 6.45) is -4.49. The number of rotatable bonds is 8. The summed E-state index contributed by atoms with van der Waals surface area (Å²) in [5.74, 6) is 1.24. The summed E-state index contributed by atoms with van der Waals surface area (Å²) in [5, 5.41) is 3.21. The molecule has 0 aliphatic carbocycles. The average molecular weight is 305 g/mol. The lowest BCUT2D eigenvalue weighted by Gasteiger charge is -2.23. The molecule has 1 unspecified atom stereocenters. The number of methoxy groups -OCH3 is 2. The molecule has 21 heavy (non-hydrogen) atoms. The van der Waals surface area contributed by atoms with Crippen molar-refractivity contribution in [1.82, 2.24) is 5.32 Å². The van der Waals surface area contributed by atoms with Crippen molar-refractivity contribution in [2.45, 2.75) is 38.4 Å². The van der Waals surface area contributed by atoms with Crippen molar-refractivity contribution in [3.63, 3.8) is 0 Å². The zero-order chi connectivity index (χ0) is 15.9. The maximum atomic E-state index is 12.3. The molecule has 0 aliphatic heterocycles. The van der Waals surface area contributed by atoms with Gasteiger partial charge in [-0.3, -0.25) is 0 Å². The second-order valence-corrected chi connectivity index (χ2v) is 4.69. The van der Waals surface area contributed by atoms with Gasteiger partial charge >= 0.3 is 6.18 Å². The highest BCUT2D eigenvalue weighted by Crippen LogP contribution is 2.37. The van der Waals surface area contributed by atoms with Crippen LogP contribution in [0.5, 0.6) is 11.5 Å². The van der Waals surface area contributed by atoms with Crippen molar-refractivity contribution in [2.24, 2.45) is 0 Å². The van der Waals surface area contributed by atoms with Gasteiger partial charge in [-0.05, 0) is 31.5 Å². The predicted octanol–water partition coefficient (Wildman–Crippen LogP) is 4.09. The second kappa shape index (κ2) is 8.12. The maximum Gasteiger partial charge on any atom is 0.389 e. The smallest absolute Gasteiger partial charge is 0.389 e. The topological polar surface area (TPSA) is 30.5 Å². The highest BCUT2D eigenvalue weighted by atomic mass is 19.4. The summed E-state index contributed by atoms with van der Waals surface area (Å²) in [4.78, 5) is 0. The Morgan fingerprint density at radius 3 is 2.14 bits per heavy atom. The molecule has 0 aliphatic rings. The van der Waals surface area contributed by atoms with Gasteiger partial charge in [0.05, 0.1) is 19.8 Å². The molecule has 0 bridgehead atoms. The third-order valence-corrected chi connectivity index (χ3v) is 3.22. The number of benzene rings is 1. The second-order valence-electron chi connectivity index (χ2n) is 4.69. The fourth-order valence-corrected chi connectivity index (χ4v) is 2.32. The van der Waals surface area contributed by atoms with Crippen molar-refractivity contribution in [3.05, 3.63) is 23.8 Å². The highest BCUT2D eigenvalue weighted by molar-refractivity contribution is 5.47. The van der Waals surface area contributed by atoms with E-state index in [1.54, 1.807) is 18.2 Å². The minimum absolute atomic E-state index is 0.0579. The van der Waals surface area contributed by atoms with E-state index in [0.29, 0.717) is 24.5 Å². The molecule has 0 spiro atoms. The van der Waals surface area contributed by atoms with Gasteiger partial charge in [0, 0.05) is 12.5 Å². The molecule has 1 aromatic rings. The van der Waals surface area contributed by atoms with Crippen molar-refractivity contribution in [2.75, 3.05) is 20.8 Å². The van der Waals surface area contributed by atoms with Gasteiger partial charge in [0.25, 0.3) is 0 Å². The molecule has 1 aromatic carbocycles. The number of ether oxygens (including phenoxy) is 2. The average Bonchev–Trinajstić information content (AvgIpc) is 2.44. The van der Waals surface area contributed by atoms with E-state index >= 15 is 0 Å². The Morgan fingerprint density at radius 2 is 1.71 bits per heavy atom. The normalized spacial score (nSPS) is 13.0. The molecule has 3 nitrogen and oxygen atoms in total. The lowest BCUT2D eigenvalue weighted by atomic mass is 9.98. The zero-order valence-electron chi connectivity index (χ0n) is 12.6. The van der Waals surface area contributed by atoms with Crippen LogP contribution < -0.4 is 14.8 Å². The summed E-state index contributed by atoms with van der Waals surface area (Å²) in [7, 11) is 3.08. The first kappa shape index (κ1) is 17.6. The van der Waals surface area contributed by atoms with Crippen LogP contribution in [-0.2, 0) is 0 Å². The van der Waals surface area contributed by atoms with Gasteiger partial charge in [-0.1, -0.05) is 13.0 Å². The summed E-state index contributed by atoms with van der Waals surface area (Å²) in [5.41, 5.74) is 0.770. The first-order valence-electron chi connectivity index (χ1n) is 6.94. The molecule has 0 saturated carbocycles. The van der Waals surface area contributed by atoms with Gasteiger partial charge in [-0.25, -0.2) is 0 Å². The van der Waals surface area contributed by atoms with E-state index < -0.39 is 12.6 Å². The van der Waals surface area contributed by atoms with Crippen LogP contribution in [0.3, 0.4) is 0 Å². The maximum absolute atomic E-state index is 12.3. The Kier molecular flexibility index (Phi) is 6.81. The minimum Gasteiger partial charge on any atom is -0.496 e.